The molecule has 0 spiro atoms. The molecule has 2 nitrogen and oxygen atoms in total. The zero-order valence-electron chi connectivity index (χ0n) is 8.37. The molecule has 0 radical (unpaired) electrons. The average molecular weight is 181 g/mol. The van der Waals surface area contributed by atoms with Gasteiger partial charge < -0.3 is 10.0 Å². The van der Waals surface area contributed by atoms with Crippen LogP contribution in [0, 0.1) is 0 Å². The molecule has 2 bridgehead atoms. The minimum absolute atomic E-state index is 0.444. The lowest BCUT2D eigenvalue weighted by molar-refractivity contribution is -0.0417. The highest BCUT2D eigenvalue weighted by Gasteiger charge is 2.44. The first-order valence-electron chi connectivity index (χ1n) is 5.20. The van der Waals surface area contributed by atoms with E-state index in [0.717, 1.165) is 19.3 Å². The first-order chi connectivity index (χ1) is 6.14. The molecule has 74 valence electrons. The zero-order valence-corrected chi connectivity index (χ0v) is 8.37. The highest BCUT2D eigenvalue weighted by atomic mass is 16.3. The van der Waals surface area contributed by atoms with Crippen molar-refractivity contribution in [2.75, 3.05) is 7.05 Å². The molecule has 2 atom stereocenters. The summed E-state index contributed by atoms with van der Waals surface area (Å²) in [6.45, 7) is 3.72. The van der Waals surface area contributed by atoms with Gasteiger partial charge >= 0.3 is 0 Å². The predicted octanol–water partition coefficient (Wildman–Crippen LogP) is 1.55. The van der Waals surface area contributed by atoms with Crippen LogP contribution < -0.4 is 0 Å². The SMILES string of the molecule is C=CCC1(O)C[C@@H]2CC[C@@H](C1)N2C. The topological polar surface area (TPSA) is 23.5 Å². The summed E-state index contributed by atoms with van der Waals surface area (Å²) in [6, 6.07) is 1.23. The van der Waals surface area contributed by atoms with Crippen LogP contribution in [0.2, 0.25) is 0 Å². The van der Waals surface area contributed by atoms with E-state index < -0.39 is 5.60 Å². The van der Waals surface area contributed by atoms with Crippen LogP contribution in [0.4, 0.5) is 0 Å². The standard InChI is InChI=1S/C11H19NO/c1-3-6-11(13)7-9-4-5-10(8-11)12(9)2/h3,9-10,13H,1,4-8H2,2H3/t9-,10-/m0/s1. The molecule has 2 saturated heterocycles. The molecule has 2 aliphatic rings. The molecule has 0 aromatic rings. The van der Waals surface area contributed by atoms with Crippen LogP contribution in [0.25, 0.3) is 0 Å². The van der Waals surface area contributed by atoms with Gasteiger partial charge in [0.2, 0.25) is 0 Å². The minimum atomic E-state index is -0.444. The molecule has 0 unspecified atom stereocenters. The number of hydrogen-bond donors (Lipinski definition) is 1. The van der Waals surface area contributed by atoms with Crippen LogP contribution >= 0.6 is 0 Å². The molecule has 2 fully saturated rings. The largest absolute Gasteiger partial charge is 0.389 e. The fourth-order valence-electron chi connectivity index (χ4n) is 2.98. The number of hydrogen-bond acceptors (Lipinski definition) is 2. The van der Waals surface area contributed by atoms with Gasteiger partial charge in [0.15, 0.2) is 0 Å². The summed E-state index contributed by atoms with van der Waals surface area (Å²) in [5, 5.41) is 10.3. The Morgan fingerprint density at radius 2 is 2.00 bits per heavy atom. The molecule has 0 aliphatic carbocycles. The van der Waals surface area contributed by atoms with Gasteiger partial charge in [-0.15, -0.1) is 6.58 Å². The van der Waals surface area contributed by atoms with E-state index in [-0.39, 0.29) is 0 Å². The van der Waals surface area contributed by atoms with Gasteiger partial charge in [-0.05, 0) is 39.2 Å². The molecule has 2 rings (SSSR count). The highest BCUT2D eigenvalue weighted by molar-refractivity contribution is 5.02. The van der Waals surface area contributed by atoms with Crippen molar-refractivity contribution < 1.29 is 5.11 Å². The summed E-state index contributed by atoms with van der Waals surface area (Å²) in [6.07, 6.45) is 7.01. The predicted molar refractivity (Wildman–Crippen MR) is 53.6 cm³/mol. The Hall–Kier alpha value is -0.340. The Morgan fingerprint density at radius 1 is 1.46 bits per heavy atom. The molecule has 2 heterocycles. The zero-order chi connectivity index (χ0) is 9.47. The first-order valence-corrected chi connectivity index (χ1v) is 5.20. The molecule has 13 heavy (non-hydrogen) atoms. The van der Waals surface area contributed by atoms with E-state index in [1.807, 2.05) is 6.08 Å². The van der Waals surface area contributed by atoms with Gasteiger partial charge in [0.05, 0.1) is 5.60 Å². The van der Waals surface area contributed by atoms with E-state index in [0.29, 0.717) is 12.1 Å². The maximum atomic E-state index is 10.3. The van der Waals surface area contributed by atoms with Crippen molar-refractivity contribution in [2.24, 2.45) is 0 Å². The molecule has 1 N–H and O–H groups in total. The monoisotopic (exact) mass is 181 g/mol. The molecule has 2 aliphatic heterocycles. The van der Waals surface area contributed by atoms with Crippen LogP contribution in [0.3, 0.4) is 0 Å². The Kier molecular flexibility index (Phi) is 2.20. The summed E-state index contributed by atoms with van der Waals surface area (Å²) in [4.78, 5) is 2.44. The van der Waals surface area contributed by atoms with Crippen molar-refractivity contribution in [3.63, 3.8) is 0 Å². The second-order valence-electron chi connectivity index (χ2n) is 4.68. The van der Waals surface area contributed by atoms with Gasteiger partial charge in [0.1, 0.15) is 0 Å². The van der Waals surface area contributed by atoms with Gasteiger partial charge in [0.25, 0.3) is 0 Å². The summed E-state index contributed by atoms with van der Waals surface area (Å²) in [5.41, 5.74) is -0.444. The van der Waals surface area contributed by atoms with Crippen molar-refractivity contribution in [1.29, 1.82) is 0 Å². The van der Waals surface area contributed by atoms with Crippen LogP contribution in [-0.4, -0.2) is 34.7 Å². The number of aliphatic hydroxyl groups is 1. The molecule has 0 aromatic heterocycles. The smallest absolute Gasteiger partial charge is 0.0711 e. The normalized spacial score (nSPS) is 45.1. The Balaban J connectivity index is 2.09. The van der Waals surface area contributed by atoms with Crippen molar-refractivity contribution in [2.45, 2.75) is 49.8 Å². The fourth-order valence-corrected chi connectivity index (χ4v) is 2.98. The molecule has 0 aromatic carbocycles. The molecular formula is C11H19NO. The van der Waals surface area contributed by atoms with Crippen molar-refractivity contribution in [3.8, 4) is 0 Å². The van der Waals surface area contributed by atoms with E-state index in [1.54, 1.807) is 0 Å². The molecule has 2 heteroatoms. The summed E-state index contributed by atoms with van der Waals surface area (Å²) in [7, 11) is 2.19. The fraction of sp³-hybridized carbons (Fsp3) is 0.818. The summed E-state index contributed by atoms with van der Waals surface area (Å²) < 4.78 is 0. The van der Waals surface area contributed by atoms with Crippen molar-refractivity contribution in [3.05, 3.63) is 12.7 Å². The lowest BCUT2D eigenvalue weighted by atomic mass is 9.84. The molecule has 0 amide bonds. The molecular weight excluding hydrogens is 162 g/mol. The second-order valence-corrected chi connectivity index (χ2v) is 4.68. The van der Waals surface area contributed by atoms with Gasteiger partial charge in [-0.2, -0.15) is 0 Å². The van der Waals surface area contributed by atoms with Crippen LogP contribution in [0.15, 0.2) is 12.7 Å². The van der Waals surface area contributed by atoms with E-state index in [2.05, 4.69) is 18.5 Å². The van der Waals surface area contributed by atoms with E-state index in [1.165, 1.54) is 12.8 Å². The Morgan fingerprint density at radius 3 is 2.46 bits per heavy atom. The quantitative estimate of drug-likeness (QED) is 0.653. The Bertz CT molecular complexity index is 200. The van der Waals surface area contributed by atoms with Crippen molar-refractivity contribution >= 4 is 0 Å². The van der Waals surface area contributed by atoms with E-state index in [9.17, 15) is 5.11 Å². The van der Waals surface area contributed by atoms with Gasteiger partial charge in [-0.1, -0.05) is 6.08 Å². The number of rotatable bonds is 2. The number of piperidine rings is 1. The summed E-state index contributed by atoms with van der Waals surface area (Å²) in [5.74, 6) is 0. The van der Waals surface area contributed by atoms with Gasteiger partial charge in [0, 0.05) is 12.1 Å². The van der Waals surface area contributed by atoms with E-state index >= 15 is 0 Å². The number of fused-ring (bicyclic) bond motifs is 2. The first kappa shape index (κ1) is 9.22. The maximum Gasteiger partial charge on any atom is 0.0711 e. The minimum Gasteiger partial charge on any atom is -0.389 e. The molecule has 0 saturated carbocycles. The van der Waals surface area contributed by atoms with Crippen molar-refractivity contribution in [1.82, 2.24) is 4.90 Å². The van der Waals surface area contributed by atoms with Crippen LogP contribution in [0.1, 0.15) is 32.1 Å². The third-order valence-corrected chi connectivity index (χ3v) is 3.74. The lowest BCUT2D eigenvalue weighted by Gasteiger charge is -2.41. The summed E-state index contributed by atoms with van der Waals surface area (Å²) >= 11 is 0. The van der Waals surface area contributed by atoms with E-state index in [4.69, 9.17) is 0 Å². The Labute approximate surface area is 80.2 Å². The van der Waals surface area contributed by atoms with Gasteiger partial charge in [-0.25, -0.2) is 0 Å². The lowest BCUT2D eigenvalue weighted by Crippen LogP contribution is -2.48. The third-order valence-electron chi connectivity index (χ3n) is 3.74. The van der Waals surface area contributed by atoms with Crippen LogP contribution in [0.5, 0.6) is 0 Å². The maximum absolute atomic E-state index is 10.3. The number of nitrogens with zero attached hydrogens (tertiary/aromatic N) is 1. The van der Waals surface area contributed by atoms with Gasteiger partial charge in [-0.3, -0.25) is 0 Å². The average Bonchev–Trinajstić information content (AvgIpc) is 2.34. The van der Waals surface area contributed by atoms with Crippen LogP contribution in [-0.2, 0) is 0 Å². The second kappa shape index (κ2) is 3.10. The third kappa shape index (κ3) is 1.53. The highest BCUT2D eigenvalue weighted by Crippen LogP contribution is 2.41.